The van der Waals surface area contributed by atoms with E-state index in [2.05, 4.69) is 20.2 Å². The maximum absolute atomic E-state index is 13.6. The molecule has 3 aromatic rings. The molecule has 2 N–H and O–H groups in total. The number of fused-ring (bicyclic) bond motifs is 1. The van der Waals surface area contributed by atoms with E-state index in [1.807, 2.05) is 6.20 Å². The smallest absolute Gasteiger partial charge is 0.227 e. The number of anilines is 3. The molecule has 5 rings (SSSR count). The Morgan fingerprint density at radius 3 is 2.86 bits per heavy atom. The van der Waals surface area contributed by atoms with E-state index in [1.165, 1.54) is 12.1 Å². The molecule has 29 heavy (non-hydrogen) atoms. The zero-order valence-corrected chi connectivity index (χ0v) is 16.6. The van der Waals surface area contributed by atoms with Crippen LogP contribution in [-0.2, 0) is 17.6 Å². The zero-order chi connectivity index (χ0) is 19.8. The standard InChI is InChI=1S/C20H21FN6OS/c21-14-2-1-3-15(10-14)24-19-18-16(6-9-29(18)28)25-20(26-19)27-7-4-13(5-8-27)17-11-22-12-23-17/h1-3,10-13H,4-9H2,(H,22,23)(H,24,25,26). The van der Waals surface area contributed by atoms with E-state index in [1.54, 1.807) is 18.5 Å². The summed E-state index contributed by atoms with van der Waals surface area (Å²) in [5.41, 5.74) is 2.50. The Morgan fingerprint density at radius 1 is 1.24 bits per heavy atom. The van der Waals surface area contributed by atoms with Gasteiger partial charge >= 0.3 is 0 Å². The summed E-state index contributed by atoms with van der Waals surface area (Å²) in [6, 6.07) is 6.20. The molecule has 0 radical (unpaired) electrons. The predicted octanol–water partition coefficient (Wildman–Crippen LogP) is 3.13. The van der Waals surface area contributed by atoms with Crippen LogP contribution in [0.2, 0.25) is 0 Å². The number of rotatable bonds is 4. The Bertz CT molecular complexity index is 1010. The summed E-state index contributed by atoms with van der Waals surface area (Å²) >= 11 is -1.14. The van der Waals surface area contributed by atoms with Crippen LogP contribution < -0.4 is 10.2 Å². The van der Waals surface area contributed by atoms with E-state index in [-0.39, 0.29) is 5.82 Å². The fourth-order valence-electron chi connectivity index (χ4n) is 3.98. The molecule has 150 valence electrons. The van der Waals surface area contributed by atoms with Crippen molar-refractivity contribution in [2.45, 2.75) is 30.1 Å². The van der Waals surface area contributed by atoms with E-state index in [0.717, 1.165) is 37.3 Å². The van der Waals surface area contributed by atoms with Gasteiger partial charge in [-0.2, -0.15) is 4.98 Å². The molecule has 0 aliphatic carbocycles. The van der Waals surface area contributed by atoms with Gasteiger partial charge in [-0.25, -0.2) is 14.4 Å². The molecule has 2 aliphatic rings. The topological polar surface area (TPSA) is 92.8 Å². The number of benzene rings is 1. The summed E-state index contributed by atoms with van der Waals surface area (Å²) in [4.78, 5) is 19.6. The fraction of sp³-hybridized carbons (Fsp3) is 0.350. The molecule has 4 heterocycles. The van der Waals surface area contributed by atoms with Crippen molar-refractivity contribution < 1.29 is 8.94 Å². The van der Waals surface area contributed by atoms with Crippen molar-refractivity contribution >= 4 is 28.6 Å². The number of nitrogens with one attached hydrogen (secondary N) is 2. The molecule has 0 saturated carbocycles. The van der Waals surface area contributed by atoms with Crippen LogP contribution in [0.5, 0.6) is 0 Å². The third-order valence-electron chi connectivity index (χ3n) is 5.48. The van der Waals surface area contributed by atoms with Crippen LogP contribution in [-0.4, -0.2) is 43.3 Å². The average molecular weight is 412 g/mol. The molecule has 0 bridgehead atoms. The lowest BCUT2D eigenvalue weighted by molar-refractivity contribution is 0.491. The van der Waals surface area contributed by atoms with Gasteiger partial charge in [-0.3, -0.25) is 0 Å². The minimum atomic E-state index is -1.14. The van der Waals surface area contributed by atoms with Crippen molar-refractivity contribution in [2.24, 2.45) is 0 Å². The minimum absolute atomic E-state index is 0.331. The minimum Gasteiger partial charge on any atom is -0.611 e. The number of halogens is 1. The molecule has 9 heteroatoms. The van der Waals surface area contributed by atoms with Gasteiger partial charge in [0.2, 0.25) is 10.8 Å². The van der Waals surface area contributed by atoms with Crippen LogP contribution >= 0.6 is 0 Å². The molecule has 7 nitrogen and oxygen atoms in total. The van der Waals surface area contributed by atoms with Gasteiger partial charge in [-0.05, 0) is 42.2 Å². The normalized spacial score (nSPS) is 19.4. The van der Waals surface area contributed by atoms with Crippen LogP contribution in [0.25, 0.3) is 0 Å². The van der Waals surface area contributed by atoms with Crippen molar-refractivity contribution in [3.8, 4) is 0 Å². The van der Waals surface area contributed by atoms with Crippen molar-refractivity contribution in [1.29, 1.82) is 0 Å². The third-order valence-corrected chi connectivity index (χ3v) is 6.94. The van der Waals surface area contributed by atoms with Gasteiger partial charge in [-0.1, -0.05) is 6.07 Å². The van der Waals surface area contributed by atoms with Crippen LogP contribution in [0.4, 0.5) is 21.8 Å². The molecule has 1 fully saturated rings. The lowest BCUT2D eigenvalue weighted by atomic mass is 9.94. The summed E-state index contributed by atoms with van der Waals surface area (Å²) in [7, 11) is 0. The highest BCUT2D eigenvalue weighted by Gasteiger charge is 2.33. The average Bonchev–Trinajstić information content (AvgIpc) is 3.39. The number of hydrogen-bond acceptors (Lipinski definition) is 6. The highest BCUT2D eigenvalue weighted by Crippen LogP contribution is 2.35. The second-order valence-corrected chi connectivity index (χ2v) is 8.85. The molecular weight excluding hydrogens is 391 g/mol. The molecule has 1 aromatic carbocycles. The Hall–Kier alpha value is -2.65. The number of piperidine rings is 1. The first kappa shape index (κ1) is 18.4. The quantitative estimate of drug-likeness (QED) is 0.640. The van der Waals surface area contributed by atoms with Crippen LogP contribution in [0.3, 0.4) is 0 Å². The zero-order valence-electron chi connectivity index (χ0n) is 15.8. The maximum atomic E-state index is 13.6. The first-order valence-electron chi connectivity index (χ1n) is 9.73. The summed E-state index contributed by atoms with van der Waals surface area (Å²) < 4.78 is 26.1. The molecule has 0 spiro atoms. The van der Waals surface area contributed by atoms with Gasteiger partial charge in [0, 0.05) is 37.3 Å². The Morgan fingerprint density at radius 2 is 2.10 bits per heavy atom. The lowest BCUT2D eigenvalue weighted by Crippen LogP contribution is -2.34. The van der Waals surface area contributed by atoms with Crippen molar-refractivity contribution in [2.75, 3.05) is 29.1 Å². The monoisotopic (exact) mass is 412 g/mol. The van der Waals surface area contributed by atoms with Crippen molar-refractivity contribution in [3.63, 3.8) is 0 Å². The molecule has 1 unspecified atom stereocenters. The number of aryl methyl sites for hydroxylation is 1. The summed E-state index contributed by atoms with van der Waals surface area (Å²) in [6.45, 7) is 1.66. The number of aromatic nitrogens is 4. The molecule has 1 saturated heterocycles. The van der Waals surface area contributed by atoms with Gasteiger partial charge in [0.25, 0.3) is 0 Å². The highest BCUT2D eigenvalue weighted by molar-refractivity contribution is 7.91. The second kappa shape index (κ2) is 7.64. The number of H-pyrrole nitrogens is 1. The van der Waals surface area contributed by atoms with Gasteiger partial charge in [-0.15, -0.1) is 0 Å². The van der Waals surface area contributed by atoms with E-state index in [0.29, 0.717) is 40.4 Å². The molecule has 1 atom stereocenters. The number of imidazole rings is 1. The summed E-state index contributed by atoms with van der Waals surface area (Å²) in [5, 5.41) is 3.16. The van der Waals surface area contributed by atoms with Gasteiger partial charge in [0.15, 0.2) is 5.82 Å². The number of nitrogens with zero attached hydrogens (tertiary/aromatic N) is 4. The highest BCUT2D eigenvalue weighted by atomic mass is 32.2. The van der Waals surface area contributed by atoms with Crippen molar-refractivity contribution in [1.82, 2.24) is 19.9 Å². The molecular formula is C20H21FN6OS. The first-order valence-corrected chi connectivity index (χ1v) is 11.0. The second-order valence-electron chi connectivity index (χ2n) is 7.34. The van der Waals surface area contributed by atoms with E-state index in [4.69, 9.17) is 9.97 Å². The van der Waals surface area contributed by atoms with Crippen LogP contribution in [0, 0.1) is 5.82 Å². The molecule has 2 aliphatic heterocycles. The Kier molecular flexibility index (Phi) is 4.84. The molecule has 2 aromatic heterocycles. The molecule has 0 amide bonds. The van der Waals surface area contributed by atoms with Crippen molar-refractivity contribution in [3.05, 3.63) is 54.0 Å². The van der Waals surface area contributed by atoms with E-state index >= 15 is 0 Å². The third kappa shape index (κ3) is 3.67. The fourth-order valence-corrected chi connectivity index (χ4v) is 5.29. The predicted molar refractivity (Wildman–Crippen MR) is 109 cm³/mol. The maximum Gasteiger partial charge on any atom is 0.227 e. The summed E-state index contributed by atoms with van der Waals surface area (Å²) in [5.74, 6) is 1.81. The van der Waals surface area contributed by atoms with E-state index in [9.17, 15) is 8.94 Å². The first-order chi connectivity index (χ1) is 14.2. The number of hydrogen-bond donors (Lipinski definition) is 2. The largest absolute Gasteiger partial charge is 0.611 e. The van der Waals surface area contributed by atoms with Gasteiger partial charge < -0.3 is 19.8 Å². The number of aromatic amines is 1. The van der Waals surface area contributed by atoms with Crippen LogP contribution in [0.1, 0.15) is 30.1 Å². The van der Waals surface area contributed by atoms with Gasteiger partial charge in [0.05, 0.1) is 12.0 Å². The Balaban J connectivity index is 1.41. The van der Waals surface area contributed by atoms with Gasteiger partial charge in [0.1, 0.15) is 17.3 Å². The van der Waals surface area contributed by atoms with E-state index < -0.39 is 11.2 Å². The van der Waals surface area contributed by atoms with Crippen LogP contribution in [0.15, 0.2) is 41.7 Å². The SMILES string of the molecule is [O-][S+]1CCc2nc(N3CCC(c4c[nH]cn4)CC3)nc(Nc3cccc(F)c3)c21. The lowest BCUT2D eigenvalue weighted by Gasteiger charge is -2.31. The Labute approximate surface area is 171 Å². The summed E-state index contributed by atoms with van der Waals surface area (Å²) in [6.07, 6.45) is 6.30.